The lowest BCUT2D eigenvalue weighted by atomic mass is 10.3. The van der Waals surface area contributed by atoms with E-state index in [4.69, 9.17) is 0 Å². The minimum absolute atomic E-state index is 0.346. The van der Waals surface area contributed by atoms with Gasteiger partial charge in [-0.3, -0.25) is 4.21 Å². The van der Waals surface area contributed by atoms with Gasteiger partial charge in [0.25, 0.3) is 0 Å². The molecular weight excluding hydrogens is 272 g/mol. The lowest BCUT2D eigenvalue weighted by molar-refractivity contribution is 0.687. The Kier molecular flexibility index (Phi) is 3.00. The number of halogens is 1. The Labute approximate surface area is 91.5 Å². The van der Waals surface area contributed by atoms with Crippen molar-refractivity contribution in [2.45, 2.75) is 12.5 Å². The Morgan fingerprint density at radius 3 is 3.15 bits per heavy atom. The van der Waals surface area contributed by atoms with Crippen LogP contribution in [0.4, 0.5) is 5.13 Å². The Morgan fingerprint density at radius 2 is 2.62 bits per heavy atom. The second-order valence-electron chi connectivity index (χ2n) is 2.91. The maximum atomic E-state index is 11.1. The van der Waals surface area contributed by atoms with Crippen molar-refractivity contribution in [1.29, 1.82) is 0 Å². The van der Waals surface area contributed by atoms with Gasteiger partial charge in [0.1, 0.15) is 0 Å². The number of nitrogens with zero attached hydrogens (tertiary/aromatic N) is 1. The van der Waals surface area contributed by atoms with Gasteiger partial charge in [0, 0.05) is 28.3 Å². The standard InChI is InChI=1S/C7H9BrN2OS2/c8-6-3-9-7(12-6)10-5-1-2-13(11)4-5/h3,5H,1-2,4H2,(H,9,10). The molecule has 1 fully saturated rings. The summed E-state index contributed by atoms with van der Waals surface area (Å²) in [6.07, 6.45) is 2.77. The largest absolute Gasteiger partial charge is 0.358 e. The Morgan fingerprint density at radius 1 is 1.77 bits per heavy atom. The van der Waals surface area contributed by atoms with Gasteiger partial charge < -0.3 is 5.32 Å². The van der Waals surface area contributed by atoms with Crippen molar-refractivity contribution >= 4 is 43.2 Å². The van der Waals surface area contributed by atoms with E-state index >= 15 is 0 Å². The van der Waals surface area contributed by atoms with Crippen molar-refractivity contribution in [3.05, 3.63) is 9.98 Å². The van der Waals surface area contributed by atoms with Crippen LogP contribution in [0.3, 0.4) is 0 Å². The third-order valence-electron chi connectivity index (χ3n) is 1.89. The molecule has 1 aliphatic heterocycles. The molecule has 0 radical (unpaired) electrons. The maximum absolute atomic E-state index is 11.1. The second kappa shape index (κ2) is 4.06. The highest BCUT2D eigenvalue weighted by Crippen LogP contribution is 2.25. The van der Waals surface area contributed by atoms with E-state index in [2.05, 4.69) is 26.2 Å². The number of nitrogens with one attached hydrogen (secondary N) is 1. The molecule has 2 atom stereocenters. The molecule has 0 bridgehead atoms. The van der Waals surface area contributed by atoms with E-state index in [9.17, 15) is 4.21 Å². The average molecular weight is 281 g/mol. The molecule has 1 N–H and O–H groups in total. The van der Waals surface area contributed by atoms with Crippen molar-refractivity contribution < 1.29 is 4.21 Å². The summed E-state index contributed by atoms with van der Waals surface area (Å²) >= 11 is 4.92. The van der Waals surface area contributed by atoms with E-state index in [0.717, 1.165) is 26.8 Å². The van der Waals surface area contributed by atoms with Gasteiger partial charge in [-0.1, -0.05) is 11.3 Å². The number of rotatable bonds is 2. The van der Waals surface area contributed by atoms with Gasteiger partial charge in [0.2, 0.25) is 0 Å². The molecule has 1 aromatic heterocycles. The Hall–Kier alpha value is 0.0600. The molecule has 0 saturated carbocycles. The zero-order valence-corrected chi connectivity index (χ0v) is 10.0. The van der Waals surface area contributed by atoms with Gasteiger partial charge in [-0.25, -0.2) is 4.98 Å². The molecule has 1 saturated heterocycles. The molecule has 2 unspecified atom stereocenters. The van der Waals surface area contributed by atoms with Gasteiger partial charge in [-0.2, -0.15) is 0 Å². The van der Waals surface area contributed by atoms with Crippen molar-refractivity contribution in [3.8, 4) is 0 Å². The topological polar surface area (TPSA) is 42.0 Å². The minimum Gasteiger partial charge on any atom is -0.358 e. The summed E-state index contributed by atoms with van der Waals surface area (Å²) < 4.78 is 12.1. The summed E-state index contributed by atoms with van der Waals surface area (Å²) in [7, 11) is -0.617. The first kappa shape index (κ1) is 9.61. The average Bonchev–Trinajstić information content (AvgIpc) is 2.62. The van der Waals surface area contributed by atoms with Crippen LogP contribution >= 0.6 is 27.3 Å². The molecule has 2 heterocycles. The highest BCUT2D eigenvalue weighted by molar-refractivity contribution is 9.11. The van der Waals surface area contributed by atoms with Crippen molar-refractivity contribution in [1.82, 2.24) is 4.98 Å². The second-order valence-corrected chi connectivity index (χ2v) is 6.94. The van der Waals surface area contributed by atoms with E-state index in [-0.39, 0.29) is 0 Å². The summed E-state index contributed by atoms with van der Waals surface area (Å²) in [5, 5.41) is 4.19. The highest BCUT2D eigenvalue weighted by atomic mass is 79.9. The normalized spacial score (nSPS) is 27.8. The van der Waals surface area contributed by atoms with E-state index in [0.29, 0.717) is 6.04 Å². The van der Waals surface area contributed by atoms with Crippen LogP contribution in [-0.2, 0) is 10.8 Å². The molecule has 0 aliphatic carbocycles. The fourth-order valence-corrected chi connectivity index (χ4v) is 3.87. The first-order chi connectivity index (χ1) is 6.24. The lowest BCUT2D eigenvalue weighted by Gasteiger charge is -2.07. The minimum atomic E-state index is -0.617. The number of thiazole rings is 1. The van der Waals surface area contributed by atoms with Gasteiger partial charge in [-0.15, -0.1) is 0 Å². The SMILES string of the molecule is O=S1CCC(Nc2ncc(Br)s2)C1. The summed E-state index contributed by atoms with van der Waals surface area (Å²) in [4.78, 5) is 4.17. The van der Waals surface area contributed by atoms with Crippen LogP contribution in [0.1, 0.15) is 6.42 Å². The predicted molar refractivity (Wildman–Crippen MR) is 59.7 cm³/mol. The van der Waals surface area contributed by atoms with Gasteiger partial charge >= 0.3 is 0 Å². The summed E-state index contributed by atoms with van der Waals surface area (Å²) in [5.74, 6) is 1.58. The zero-order chi connectivity index (χ0) is 9.26. The van der Waals surface area contributed by atoms with E-state index < -0.39 is 10.8 Å². The molecule has 2 rings (SSSR count). The first-order valence-electron chi connectivity index (χ1n) is 3.97. The van der Waals surface area contributed by atoms with Gasteiger partial charge in [-0.05, 0) is 22.4 Å². The predicted octanol–water partition coefficient (Wildman–Crippen LogP) is 1.84. The van der Waals surface area contributed by atoms with E-state index in [1.807, 2.05) is 0 Å². The van der Waals surface area contributed by atoms with E-state index in [1.54, 1.807) is 17.5 Å². The number of aromatic nitrogens is 1. The smallest absolute Gasteiger partial charge is 0.183 e. The van der Waals surface area contributed by atoms with Crippen LogP contribution in [-0.4, -0.2) is 26.7 Å². The van der Waals surface area contributed by atoms with Gasteiger partial charge in [0.15, 0.2) is 5.13 Å². The molecule has 0 spiro atoms. The molecule has 3 nitrogen and oxygen atoms in total. The fourth-order valence-electron chi connectivity index (χ4n) is 1.27. The number of hydrogen-bond acceptors (Lipinski definition) is 4. The molecule has 1 aliphatic rings. The molecule has 6 heteroatoms. The Bertz CT molecular complexity index is 328. The zero-order valence-electron chi connectivity index (χ0n) is 6.83. The van der Waals surface area contributed by atoms with Crippen LogP contribution in [0.25, 0.3) is 0 Å². The van der Waals surface area contributed by atoms with E-state index in [1.165, 1.54) is 0 Å². The summed E-state index contributed by atoms with van der Waals surface area (Å²) in [6.45, 7) is 0. The highest BCUT2D eigenvalue weighted by Gasteiger charge is 2.21. The van der Waals surface area contributed by atoms with Crippen molar-refractivity contribution in [2.24, 2.45) is 0 Å². The van der Waals surface area contributed by atoms with Crippen molar-refractivity contribution in [3.63, 3.8) is 0 Å². The third-order valence-corrected chi connectivity index (χ3v) is 4.76. The van der Waals surface area contributed by atoms with Crippen LogP contribution in [0.2, 0.25) is 0 Å². The lowest BCUT2D eigenvalue weighted by Crippen LogP contribution is -2.18. The van der Waals surface area contributed by atoms with Crippen molar-refractivity contribution in [2.75, 3.05) is 16.8 Å². The number of hydrogen-bond donors (Lipinski definition) is 1. The monoisotopic (exact) mass is 280 g/mol. The maximum Gasteiger partial charge on any atom is 0.183 e. The summed E-state index contributed by atoms with van der Waals surface area (Å²) in [5.41, 5.74) is 0. The molecular formula is C7H9BrN2OS2. The van der Waals surface area contributed by atoms with Crippen LogP contribution in [0.15, 0.2) is 9.98 Å². The van der Waals surface area contributed by atoms with Crippen LogP contribution in [0.5, 0.6) is 0 Å². The molecule has 0 amide bonds. The summed E-state index contributed by atoms with van der Waals surface area (Å²) in [6, 6.07) is 0.346. The first-order valence-corrected chi connectivity index (χ1v) is 7.06. The number of anilines is 1. The molecule has 13 heavy (non-hydrogen) atoms. The molecule has 72 valence electrons. The van der Waals surface area contributed by atoms with Crippen LogP contribution in [0, 0.1) is 0 Å². The third kappa shape index (κ3) is 2.51. The molecule has 0 aromatic carbocycles. The van der Waals surface area contributed by atoms with Gasteiger partial charge in [0.05, 0.1) is 9.98 Å². The Balaban J connectivity index is 1.95. The van der Waals surface area contributed by atoms with Crippen LogP contribution < -0.4 is 5.32 Å². The molecule has 1 aromatic rings. The quantitative estimate of drug-likeness (QED) is 0.899. The fraction of sp³-hybridized carbons (Fsp3) is 0.571.